The zero-order chi connectivity index (χ0) is 11.4. The Kier molecular flexibility index (Phi) is 4.95. The molecule has 2 fully saturated rings. The molecule has 2 unspecified atom stereocenters. The zero-order valence-corrected chi connectivity index (χ0v) is 11.3. The Morgan fingerprint density at radius 1 is 1.50 bits per heavy atom. The lowest BCUT2D eigenvalue weighted by Gasteiger charge is -2.39. The van der Waals surface area contributed by atoms with Gasteiger partial charge in [-0.25, -0.2) is 0 Å². The molecule has 1 N–H and O–H groups in total. The van der Waals surface area contributed by atoms with Crippen LogP contribution in [0, 0.1) is 0 Å². The van der Waals surface area contributed by atoms with Gasteiger partial charge in [0, 0.05) is 49.8 Å². The maximum Gasteiger partial charge on any atom is 0.0630 e. The molecule has 1 aliphatic heterocycles. The number of hydrogen-bond donors (Lipinski definition) is 1. The number of nitrogens with one attached hydrogen (secondary N) is 1. The van der Waals surface area contributed by atoms with E-state index in [0.29, 0.717) is 12.1 Å². The van der Waals surface area contributed by atoms with Gasteiger partial charge in [-0.3, -0.25) is 4.90 Å². The van der Waals surface area contributed by atoms with Crippen molar-refractivity contribution in [2.24, 2.45) is 0 Å². The van der Waals surface area contributed by atoms with Crippen LogP contribution in [-0.2, 0) is 4.74 Å². The van der Waals surface area contributed by atoms with E-state index in [2.05, 4.69) is 28.9 Å². The first-order valence-electron chi connectivity index (χ1n) is 6.37. The van der Waals surface area contributed by atoms with Gasteiger partial charge in [0.15, 0.2) is 0 Å². The Hall–Kier alpha value is 0.230. The predicted octanol–water partition coefficient (Wildman–Crippen LogP) is 1.19. The second-order valence-electron chi connectivity index (χ2n) is 4.95. The number of nitrogens with zero attached hydrogens (tertiary/aromatic N) is 1. The first-order chi connectivity index (χ1) is 7.81. The lowest BCUT2D eigenvalue weighted by Crippen LogP contribution is -2.52. The van der Waals surface area contributed by atoms with Crippen molar-refractivity contribution in [1.29, 1.82) is 0 Å². The first kappa shape index (κ1) is 12.7. The highest BCUT2D eigenvalue weighted by atomic mass is 32.2. The normalized spacial score (nSPS) is 29.2. The third kappa shape index (κ3) is 3.62. The lowest BCUT2D eigenvalue weighted by atomic mass is 10.2. The fourth-order valence-corrected chi connectivity index (χ4v) is 3.38. The summed E-state index contributed by atoms with van der Waals surface area (Å²) in [7, 11) is 1.81. The van der Waals surface area contributed by atoms with Gasteiger partial charge in [-0.15, -0.1) is 0 Å². The van der Waals surface area contributed by atoms with E-state index in [1.165, 1.54) is 30.9 Å². The quantitative estimate of drug-likeness (QED) is 0.758. The Labute approximate surface area is 103 Å². The minimum Gasteiger partial charge on any atom is -0.383 e. The van der Waals surface area contributed by atoms with Crippen molar-refractivity contribution in [2.75, 3.05) is 38.3 Å². The van der Waals surface area contributed by atoms with Gasteiger partial charge in [0.05, 0.1) is 6.61 Å². The Morgan fingerprint density at radius 3 is 2.94 bits per heavy atom. The van der Waals surface area contributed by atoms with Gasteiger partial charge in [-0.2, -0.15) is 11.8 Å². The largest absolute Gasteiger partial charge is 0.383 e. The van der Waals surface area contributed by atoms with Gasteiger partial charge < -0.3 is 10.1 Å². The number of hydrogen-bond acceptors (Lipinski definition) is 4. The van der Waals surface area contributed by atoms with Crippen LogP contribution in [0.1, 0.15) is 19.8 Å². The van der Waals surface area contributed by atoms with Crippen molar-refractivity contribution in [3.05, 3.63) is 0 Å². The zero-order valence-electron chi connectivity index (χ0n) is 10.4. The van der Waals surface area contributed by atoms with Crippen LogP contribution in [0.25, 0.3) is 0 Å². The van der Waals surface area contributed by atoms with Gasteiger partial charge in [0.25, 0.3) is 0 Å². The molecule has 0 radical (unpaired) electrons. The molecule has 4 heteroatoms. The second-order valence-corrected chi connectivity index (χ2v) is 6.10. The smallest absolute Gasteiger partial charge is 0.0630 e. The third-order valence-corrected chi connectivity index (χ3v) is 4.66. The summed E-state index contributed by atoms with van der Waals surface area (Å²) in [5, 5.41) is 3.63. The summed E-state index contributed by atoms with van der Waals surface area (Å²) in [5.74, 6) is 2.54. The van der Waals surface area contributed by atoms with Crippen LogP contribution in [0.15, 0.2) is 0 Å². The number of rotatable bonds is 6. The van der Waals surface area contributed by atoms with Crippen LogP contribution in [0.2, 0.25) is 0 Å². The Balaban J connectivity index is 1.82. The van der Waals surface area contributed by atoms with Crippen molar-refractivity contribution in [2.45, 2.75) is 37.9 Å². The molecular weight excluding hydrogens is 220 g/mol. The van der Waals surface area contributed by atoms with Gasteiger partial charge in [0.2, 0.25) is 0 Å². The molecule has 0 aromatic carbocycles. The van der Waals surface area contributed by atoms with Gasteiger partial charge >= 0.3 is 0 Å². The van der Waals surface area contributed by atoms with Gasteiger partial charge in [-0.1, -0.05) is 0 Å². The van der Waals surface area contributed by atoms with Gasteiger partial charge in [-0.05, 0) is 19.8 Å². The van der Waals surface area contributed by atoms with Crippen molar-refractivity contribution >= 4 is 11.8 Å². The van der Waals surface area contributed by atoms with Crippen LogP contribution in [0.4, 0.5) is 0 Å². The van der Waals surface area contributed by atoms with Crippen molar-refractivity contribution in [3.63, 3.8) is 0 Å². The number of ether oxygens (including phenoxy) is 1. The highest BCUT2D eigenvalue weighted by Crippen LogP contribution is 2.21. The van der Waals surface area contributed by atoms with Gasteiger partial charge in [0.1, 0.15) is 0 Å². The molecule has 2 aliphatic rings. The van der Waals surface area contributed by atoms with E-state index in [1.54, 1.807) is 0 Å². The summed E-state index contributed by atoms with van der Waals surface area (Å²) in [4.78, 5) is 2.62. The fraction of sp³-hybridized carbons (Fsp3) is 1.00. The van der Waals surface area contributed by atoms with E-state index in [1.807, 2.05) is 7.11 Å². The molecule has 3 nitrogen and oxygen atoms in total. The highest BCUT2D eigenvalue weighted by Gasteiger charge is 2.28. The molecular formula is C12H24N2OS. The van der Waals surface area contributed by atoms with Crippen LogP contribution in [0.5, 0.6) is 0 Å². The van der Waals surface area contributed by atoms with E-state index < -0.39 is 0 Å². The van der Waals surface area contributed by atoms with Crippen molar-refractivity contribution in [1.82, 2.24) is 10.2 Å². The minimum atomic E-state index is 0.557. The van der Waals surface area contributed by atoms with E-state index >= 15 is 0 Å². The molecule has 2 rings (SSSR count). The SMILES string of the molecule is COCC(CNC1CC1)N1CCSCC1C. The molecule has 0 amide bonds. The molecule has 1 saturated carbocycles. The topological polar surface area (TPSA) is 24.5 Å². The predicted molar refractivity (Wildman–Crippen MR) is 70.2 cm³/mol. The maximum absolute atomic E-state index is 5.37. The van der Waals surface area contributed by atoms with Crippen LogP contribution in [-0.4, -0.2) is 61.3 Å². The molecule has 1 aliphatic carbocycles. The van der Waals surface area contributed by atoms with E-state index in [0.717, 1.165) is 19.2 Å². The molecule has 94 valence electrons. The Bertz CT molecular complexity index is 211. The summed E-state index contributed by atoms with van der Waals surface area (Å²) in [6.07, 6.45) is 2.73. The summed E-state index contributed by atoms with van der Waals surface area (Å²) < 4.78 is 5.37. The van der Waals surface area contributed by atoms with Crippen LogP contribution in [0.3, 0.4) is 0 Å². The number of thioether (sulfide) groups is 1. The van der Waals surface area contributed by atoms with E-state index in [9.17, 15) is 0 Å². The first-order valence-corrected chi connectivity index (χ1v) is 7.52. The van der Waals surface area contributed by atoms with Crippen molar-refractivity contribution < 1.29 is 4.74 Å². The van der Waals surface area contributed by atoms with Crippen molar-refractivity contribution in [3.8, 4) is 0 Å². The van der Waals surface area contributed by atoms with E-state index in [-0.39, 0.29) is 0 Å². The molecule has 1 saturated heterocycles. The molecule has 0 aromatic rings. The Morgan fingerprint density at radius 2 is 2.31 bits per heavy atom. The number of methoxy groups -OCH3 is 1. The monoisotopic (exact) mass is 244 g/mol. The average molecular weight is 244 g/mol. The lowest BCUT2D eigenvalue weighted by molar-refractivity contribution is 0.0729. The molecule has 0 bridgehead atoms. The summed E-state index contributed by atoms with van der Waals surface area (Å²) >= 11 is 2.08. The second kappa shape index (κ2) is 6.24. The molecule has 1 heterocycles. The molecule has 2 atom stereocenters. The van der Waals surface area contributed by atoms with Crippen LogP contribution >= 0.6 is 11.8 Å². The summed E-state index contributed by atoms with van der Waals surface area (Å²) in [5.41, 5.74) is 0. The minimum absolute atomic E-state index is 0.557. The fourth-order valence-electron chi connectivity index (χ4n) is 2.34. The standard InChI is InChI=1S/C12H24N2OS/c1-10-9-16-6-5-14(10)12(8-15-2)7-13-11-3-4-11/h10-13H,3-9H2,1-2H3. The third-order valence-electron chi connectivity index (χ3n) is 3.47. The molecule has 0 spiro atoms. The average Bonchev–Trinajstić information content (AvgIpc) is 3.09. The summed E-state index contributed by atoms with van der Waals surface area (Å²) in [6.45, 7) is 5.50. The molecule has 16 heavy (non-hydrogen) atoms. The van der Waals surface area contributed by atoms with Crippen LogP contribution < -0.4 is 5.32 Å². The molecule has 0 aromatic heterocycles. The summed E-state index contributed by atoms with van der Waals surface area (Å²) in [6, 6.07) is 2.05. The van der Waals surface area contributed by atoms with E-state index in [4.69, 9.17) is 4.74 Å². The highest BCUT2D eigenvalue weighted by molar-refractivity contribution is 7.99. The maximum atomic E-state index is 5.37.